The minimum Gasteiger partial charge on any atom is -0.192 e. The van der Waals surface area contributed by atoms with Crippen LogP contribution in [0.25, 0.3) is 21.5 Å². The molecule has 97 heavy (non-hydrogen) atoms. The van der Waals surface area contributed by atoms with E-state index in [0.717, 1.165) is 168 Å². The van der Waals surface area contributed by atoms with E-state index in [9.17, 15) is 0 Å². The number of nitrogens with zero attached hydrogens (tertiary/aromatic N) is 8. The van der Waals surface area contributed by atoms with Crippen LogP contribution in [-0.4, -0.2) is 41.6 Å². The van der Waals surface area contributed by atoms with Gasteiger partial charge < -0.3 is 0 Å². The van der Waals surface area contributed by atoms with E-state index < -0.39 is 5.91 Å². The average Bonchev–Trinajstić information content (AvgIpc) is 1.47. The molecule has 0 fully saturated rings. The summed E-state index contributed by atoms with van der Waals surface area (Å²) in [5.74, 6) is 3.43. The molecule has 0 atom stereocenters. The number of aliphatic imine (C=N–C) groups is 2. The standard InChI is InChI=1S/C81H48N8S8/c1-9-25-49(26-10-1)90-57-41-42-58(91-50-27-11-2-12-28-50)66-65(57)73-82-75-67-59(92-51-29-13-3-14-30-51)43-44-60(93-52-31-15-4-16-32-52)68(67)77-84-79-71-63(96-55-37-21-7-22-38-55)47-48-64(97-56-39-23-8-24-40-56)72(71)80-85-78-70-62(95-54-35-19-6-20-36-54)46-45-61(94-53-33-17-5-18-34-53)69(70)76-83-74(66)86(73)81(87(75)77,88(76)78)89(79)80/h1-48H/q+2. The molecule has 0 aliphatic carbocycles. The molecule has 0 radical (unpaired) electrons. The Morgan fingerprint density at radius 2 is 0.454 bits per heavy atom. The first-order chi connectivity index (χ1) is 48.1. The maximum atomic E-state index is 6.35. The molecule has 458 valence electrons. The Balaban J connectivity index is 1.01. The zero-order chi connectivity index (χ0) is 63.7. The maximum Gasteiger partial charge on any atom is 0.404 e. The summed E-state index contributed by atoms with van der Waals surface area (Å²) in [5.41, 5.74) is 5.72. The fourth-order valence-electron chi connectivity index (χ4n) is 13.9. The van der Waals surface area contributed by atoms with Crippen LogP contribution in [0.4, 0.5) is 11.6 Å². The molecule has 8 heterocycles. The quantitative estimate of drug-likeness (QED) is 0.0887. The summed E-state index contributed by atoms with van der Waals surface area (Å²) >= 11 is 14.2. The van der Waals surface area contributed by atoms with E-state index >= 15 is 0 Å². The Bertz CT molecular complexity index is 5550. The van der Waals surface area contributed by atoms with Crippen LogP contribution in [0.1, 0.15) is 22.3 Å². The number of fused-ring (bicyclic) bond motifs is 12. The highest BCUT2D eigenvalue weighted by atomic mass is 32.2. The van der Waals surface area contributed by atoms with E-state index in [2.05, 4.69) is 309 Å². The van der Waals surface area contributed by atoms with Gasteiger partial charge in [-0.1, -0.05) is 260 Å². The van der Waals surface area contributed by atoms with Crippen molar-refractivity contribution in [1.82, 2.24) is 9.13 Å². The van der Waals surface area contributed by atoms with Crippen molar-refractivity contribution in [3.05, 3.63) is 324 Å². The van der Waals surface area contributed by atoms with E-state index in [1.807, 2.05) is 0 Å². The molecular weight excluding hydrogens is 1340 g/mol. The minimum atomic E-state index is -1.41. The van der Waals surface area contributed by atoms with Crippen LogP contribution in [0, 0.1) is 0 Å². The van der Waals surface area contributed by atoms with Crippen molar-refractivity contribution in [2.24, 2.45) is 20.0 Å². The maximum absolute atomic E-state index is 6.35. The molecule has 0 saturated heterocycles. The molecule has 16 heteroatoms. The van der Waals surface area contributed by atoms with Crippen molar-refractivity contribution in [2.75, 3.05) is 0 Å². The molecule has 6 aliphatic rings. The van der Waals surface area contributed by atoms with E-state index in [1.54, 1.807) is 94.1 Å². The third kappa shape index (κ3) is 9.32. The third-order valence-corrected chi connectivity index (χ3v) is 26.4. The highest BCUT2D eigenvalue weighted by Gasteiger charge is 2.71. The number of hydrogen-bond acceptors (Lipinski definition) is 12. The van der Waals surface area contributed by atoms with Crippen LogP contribution >= 0.6 is 94.1 Å². The smallest absolute Gasteiger partial charge is 0.192 e. The van der Waals surface area contributed by atoms with Crippen molar-refractivity contribution in [1.29, 1.82) is 0 Å². The van der Waals surface area contributed by atoms with Crippen LogP contribution in [0.2, 0.25) is 0 Å². The number of hydrogen-bond donors (Lipinski definition) is 0. The van der Waals surface area contributed by atoms with Gasteiger partial charge in [0.05, 0.1) is 43.8 Å². The lowest BCUT2D eigenvalue weighted by molar-refractivity contribution is -0.790. The molecule has 0 N–H and O–H groups in total. The van der Waals surface area contributed by atoms with E-state index in [-0.39, 0.29) is 0 Å². The summed E-state index contributed by atoms with van der Waals surface area (Å²) < 4.78 is 10.0. The fourth-order valence-corrected chi connectivity index (χ4v) is 21.7. The Kier molecular flexibility index (Phi) is 14.1. The zero-order valence-corrected chi connectivity index (χ0v) is 57.6. The van der Waals surface area contributed by atoms with Crippen LogP contribution in [0.3, 0.4) is 0 Å². The first-order valence-corrected chi connectivity index (χ1v) is 38.2. The zero-order valence-electron chi connectivity index (χ0n) is 51.1. The van der Waals surface area contributed by atoms with Gasteiger partial charge in [-0.3, -0.25) is 0 Å². The van der Waals surface area contributed by atoms with Gasteiger partial charge in [0.15, 0.2) is 0 Å². The lowest BCUT2D eigenvalue weighted by Crippen LogP contribution is -2.71. The van der Waals surface area contributed by atoms with Crippen molar-refractivity contribution < 1.29 is 9.15 Å². The highest BCUT2D eigenvalue weighted by Crippen LogP contribution is 2.60. The van der Waals surface area contributed by atoms with Gasteiger partial charge in [0.1, 0.15) is 0 Å². The van der Waals surface area contributed by atoms with Gasteiger partial charge in [-0.2, -0.15) is 9.13 Å². The Labute approximate surface area is 592 Å². The molecule has 1 spiro atoms. The van der Waals surface area contributed by atoms with Gasteiger partial charge in [-0.25, -0.2) is 0 Å². The summed E-state index contributed by atoms with van der Waals surface area (Å²) in [7, 11) is 0. The first kappa shape index (κ1) is 58.0. The van der Waals surface area contributed by atoms with Crippen LogP contribution in [0.5, 0.6) is 0 Å². The van der Waals surface area contributed by atoms with Gasteiger partial charge in [0.2, 0.25) is 22.6 Å². The number of aromatic nitrogens is 2. The Hall–Kier alpha value is -9.20. The van der Waals surface area contributed by atoms with Crippen LogP contribution < -0.4 is 11.0 Å². The summed E-state index contributed by atoms with van der Waals surface area (Å²) in [6.07, 6.45) is 0. The molecule has 0 amide bonds. The molecule has 0 unspecified atom stereocenters. The third-order valence-electron chi connectivity index (χ3n) is 17.8. The summed E-state index contributed by atoms with van der Waals surface area (Å²) in [5, 5.41) is 4.11. The average molecular weight is 1390 g/mol. The normalized spacial score (nSPS) is 14.4. The van der Waals surface area contributed by atoms with Gasteiger partial charge in [0.25, 0.3) is 23.3 Å². The molecular formula is C81H48N8S8+2. The second kappa shape index (κ2) is 23.5. The molecule has 2 aromatic heterocycles. The highest BCUT2D eigenvalue weighted by molar-refractivity contribution is 8.01. The molecule has 0 saturated carbocycles. The summed E-state index contributed by atoms with van der Waals surface area (Å²) in [4.78, 5) is 43.0. The van der Waals surface area contributed by atoms with Crippen LogP contribution in [-0.2, 0) is 5.91 Å². The SMILES string of the molecule is c1ccc(Sc2ccc(Sc3ccccc3)c3c2C2=Nc4c5c(Sc6ccccc6)ccc(Sc6ccccc6)c5c5n4C46n7c(c8c(Sc9ccccc9)ccc(Sc9ccccc9)c8c7=NC7=[N+]4C(=N5)c4c(Sc5ccccc5)ccc(Sc5ccccc5)c47)=NC3=[N+]26)cc1. The van der Waals surface area contributed by atoms with Crippen molar-refractivity contribution in [2.45, 2.75) is 84.2 Å². The van der Waals surface area contributed by atoms with Gasteiger partial charge >= 0.3 is 5.91 Å². The first-order valence-electron chi connectivity index (χ1n) is 31.7. The fraction of sp³-hybridized carbons (Fsp3) is 0.0123. The van der Waals surface area contributed by atoms with Gasteiger partial charge in [-0.15, -0.1) is 9.15 Å². The number of rotatable bonds is 16. The molecule has 14 aromatic rings. The second-order valence-electron chi connectivity index (χ2n) is 23.5. The Morgan fingerprint density at radius 3 is 0.722 bits per heavy atom. The molecule has 0 bridgehead atoms. The monoisotopic (exact) mass is 1390 g/mol. The summed E-state index contributed by atoms with van der Waals surface area (Å²) in [6.45, 7) is 0. The lowest BCUT2D eigenvalue weighted by Gasteiger charge is -2.40. The largest absolute Gasteiger partial charge is 0.404 e. The van der Waals surface area contributed by atoms with Crippen LogP contribution in [0.15, 0.2) is 389 Å². The lowest BCUT2D eigenvalue weighted by atomic mass is 10.1. The van der Waals surface area contributed by atoms with Crippen molar-refractivity contribution in [3.8, 4) is 0 Å². The molecule has 6 aliphatic heterocycles. The van der Waals surface area contributed by atoms with E-state index in [1.165, 1.54) is 0 Å². The van der Waals surface area contributed by atoms with Gasteiger partial charge in [0, 0.05) is 78.3 Å². The minimum absolute atomic E-state index is 0.807. The number of amidine groups is 4. The van der Waals surface area contributed by atoms with E-state index in [0.29, 0.717) is 0 Å². The van der Waals surface area contributed by atoms with Gasteiger partial charge in [-0.05, 0) is 146 Å². The Morgan fingerprint density at radius 1 is 0.227 bits per heavy atom. The molecule has 20 rings (SSSR count). The molecule has 8 nitrogen and oxygen atoms in total. The predicted octanol–water partition coefficient (Wildman–Crippen LogP) is 20.9. The second-order valence-corrected chi connectivity index (χ2v) is 32.5. The van der Waals surface area contributed by atoms with Crippen molar-refractivity contribution >= 4 is 151 Å². The van der Waals surface area contributed by atoms with Crippen molar-refractivity contribution in [3.63, 3.8) is 0 Å². The summed E-state index contributed by atoms with van der Waals surface area (Å²) in [6, 6.07) is 105. The topological polar surface area (TPSA) is 65.3 Å². The molecule has 12 aromatic carbocycles. The predicted molar refractivity (Wildman–Crippen MR) is 398 cm³/mol. The number of benzene rings is 12. The van der Waals surface area contributed by atoms with E-state index in [4.69, 9.17) is 20.0 Å².